The summed E-state index contributed by atoms with van der Waals surface area (Å²) in [6.07, 6.45) is 0.796. The van der Waals surface area contributed by atoms with Gasteiger partial charge in [0.05, 0.1) is 28.5 Å². The number of Topliss-reactive ketones (excluding diaryl/α,β-unsaturated/α-hetero) is 1. The standard InChI is InChI=1S/C25H20FN3O6/c1-15(30)10-18-20(29(31)32)8-9-21(24(18)26)35-25-17-11-22(33-2)23(12-19(17)27-14-28-25)34-13-16-6-4-3-5-7-16/h3-9,11-12,14H,10,13H2,1-2H3. The van der Waals surface area contributed by atoms with Gasteiger partial charge in [0.25, 0.3) is 5.69 Å². The molecule has 1 heterocycles. The van der Waals surface area contributed by atoms with Gasteiger partial charge in [-0.05, 0) is 24.6 Å². The molecular formula is C25H20FN3O6. The Hall–Kier alpha value is -4.60. The number of ether oxygens (including phenoxy) is 3. The first-order valence-corrected chi connectivity index (χ1v) is 10.5. The molecule has 0 aliphatic rings. The second-order valence-corrected chi connectivity index (χ2v) is 7.59. The van der Waals surface area contributed by atoms with E-state index in [1.165, 1.54) is 20.4 Å². The molecule has 4 aromatic rings. The Morgan fingerprint density at radius 3 is 2.51 bits per heavy atom. The summed E-state index contributed by atoms with van der Waals surface area (Å²) in [7, 11) is 1.48. The Morgan fingerprint density at radius 1 is 1.06 bits per heavy atom. The third-order valence-electron chi connectivity index (χ3n) is 5.13. The van der Waals surface area contributed by atoms with Crippen LogP contribution in [-0.4, -0.2) is 27.8 Å². The Kier molecular flexibility index (Phi) is 6.81. The number of benzene rings is 3. The van der Waals surface area contributed by atoms with Gasteiger partial charge in [-0.15, -0.1) is 0 Å². The molecule has 178 valence electrons. The minimum atomic E-state index is -1.00. The highest BCUT2D eigenvalue weighted by Gasteiger charge is 2.24. The summed E-state index contributed by atoms with van der Waals surface area (Å²) in [5.41, 5.74) is 0.563. The van der Waals surface area contributed by atoms with E-state index in [9.17, 15) is 14.9 Å². The number of nitro groups is 1. The first-order valence-electron chi connectivity index (χ1n) is 10.5. The van der Waals surface area contributed by atoms with E-state index in [4.69, 9.17) is 14.2 Å². The molecule has 0 N–H and O–H groups in total. The number of nitro benzene ring substituents is 1. The third-order valence-corrected chi connectivity index (χ3v) is 5.13. The second kappa shape index (κ2) is 10.1. The lowest BCUT2D eigenvalue weighted by molar-refractivity contribution is -0.385. The molecule has 0 fully saturated rings. The SMILES string of the molecule is COc1cc2c(Oc3ccc([N+](=O)[O-])c(CC(C)=O)c3F)ncnc2cc1OCc1ccccc1. The number of hydrogen-bond acceptors (Lipinski definition) is 8. The summed E-state index contributed by atoms with van der Waals surface area (Å²) in [5, 5.41) is 11.7. The molecule has 3 aromatic carbocycles. The summed E-state index contributed by atoms with van der Waals surface area (Å²) >= 11 is 0. The van der Waals surface area contributed by atoms with E-state index < -0.39 is 28.6 Å². The van der Waals surface area contributed by atoms with Crippen molar-refractivity contribution in [1.29, 1.82) is 0 Å². The largest absolute Gasteiger partial charge is 0.493 e. The minimum Gasteiger partial charge on any atom is -0.493 e. The number of carbonyl (C=O) groups excluding carboxylic acids is 1. The lowest BCUT2D eigenvalue weighted by Gasteiger charge is -2.14. The summed E-state index contributed by atoms with van der Waals surface area (Å²) in [6.45, 7) is 1.53. The van der Waals surface area contributed by atoms with E-state index >= 15 is 4.39 Å². The molecule has 0 saturated carbocycles. The van der Waals surface area contributed by atoms with Gasteiger partial charge in [0.2, 0.25) is 5.88 Å². The van der Waals surface area contributed by atoms with Gasteiger partial charge in [-0.25, -0.2) is 14.4 Å². The molecule has 0 radical (unpaired) electrons. The van der Waals surface area contributed by atoms with E-state index in [0.29, 0.717) is 29.0 Å². The molecule has 0 saturated heterocycles. The van der Waals surface area contributed by atoms with Crippen LogP contribution in [0.1, 0.15) is 18.1 Å². The van der Waals surface area contributed by atoms with Gasteiger partial charge in [-0.3, -0.25) is 14.9 Å². The van der Waals surface area contributed by atoms with Crippen molar-refractivity contribution in [2.45, 2.75) is 20.0 Å². The van der Waals surface area contributed by atoms with Crippen LogP contribution < -0.4 is 14.2 Å². The van der Waals surface area contributed by atoms with Crippen molar-refractivity contribution in [2.24, 2.45) is 0 Å². The Balaban J connectivity index is 1.70. The van der Waals surface area contributed by atoms with Gasteiger partial charge in [-0.2, -0.15) is 0 Å². The summed E-state index contributed by atoms with van der Waals surface area (Å²) in [5.74, 6) is -0.909. The van der Waals surface area contributed by atoms with Crippen LogP contribution in [0.2, 0.25) is 0 Å². The number of rotatable bonds is 9. The fourth-order valence-corrected chi connectivity index (χ4v) is 3.49. The predicted octanol–water partition coefficient (Wildman–Crippen LogP) is 5.19. The number of nitrogens with zero attached hydrogens (tertiary/aromatic N) is 3. The van der Waals surface area contributed by atoms with Crippen molar-refractivity contribution in [2.75, 3.05) is 7.11 Å². The van der Waals surface area contributed by atoms with Crippen LogP contribution in [0.15, 0.2) is 60.9 Å². The molecule has 1 aromatic heterocycles. The van der Waals surface area contributed by atoms with Crippen LogP contribution in [0.25, 0.3) is 10.9 Å². The van der Waals surface area contributed by atoms with Crippen LogP contribution >= 0.6 is 0 Å². The van der Waals surface area contributed by atoms with E-state index in [0.717, 1.165) is 17.7 Å². The second-order valence-electron chi connectivity index (χ2n) is 7.59. The number of hydrogen-bond donors (Lipinski definition) is 0. The van der Waals surface area contributed by atoms with E-state index in [1.54, 1.807) is 12.1 Å². The quantitative estimate of drug-likeness (QED) is 0.239. The molecule has 0 unspecified atom stereocenters. The molecule has 0 spiro atoms. The van der Waals surface area contributed by atoms with Crippen molar-refractivity contribution >= 4 is 22.4 Å². The highest BCUT2D eigenvalue weighted by molar-refractivity contribution is 5.87. The highest BCUT2D eigenvalue weighted by Crippen LogP contribution is 2.38. The molecule has 35 heavy (non-hydrogen) atoms. The van der Waals surface area contributed by atoms with Gasteiger partial charge in [0.1, 0.15) is 18.7 Å². The smallest absolute Gasteiger partial charge is 0.276 e. The maximum Gasteiger partial charge on any atom is 0.276 e. The maximum atomic E-state index is 15.1. The van der Waals surface area contributed by atoms with Crippen molar-refractivity contribution in [3.63, 3.8) is 0 Å². The molecule has 0 amide bonds. The van der Waals surface area contributed by atoms with Crippen LogP contribution in [0.5, 0.6) is 23.1 Å². The lowest BCUT2D eigenvalue weighted by Crippen LogP contribution is -2.06. The monoisotopic (exact) mass is 477 g/mol. The first-order chi connectivity index (χ1) is 16.9. The number of methoxy groups -OCH3 is 1. The van der Waals surface area contributed by atoms with Crippen LogP contribution in [0.3, 0.4) is 0 Å². The molecule has 0 aliphatic heterocycles. The fraction of sp³-hybridized carbons (Fsp3) is 0.160. The Labute approximate surface area is 199 Å². The number of fused-ring (bicyclic) bond motifs is 1. The zero-order valence-corrected chi connectivity index (χ0v) is 18.9. The van der Waals surface area contributed by atoms with E-state index in [-0.39, 0.29) is 17.2 Å². The normalized spacial score (nSPS) is 10.7. The van der Waals surface area contributed by atoms with Gasteiger partial charge < -0.3 is 14.2 Å². The predicted molar refractivity (Wildman–Crippen MR) is 124 cm³/mol. The number of carbonyl (C=O) groups is 1. The van der Waals surface area contributed by atoms with Gasteiger partial charge in [0.15, 0.2) is 23.1 Å². The zero-order chi connectivity index (χ0) is 24.9. The summed E-state index contributed by atoms with van der Waals surface area (Å²) < 4.78 is 32.2. The fourth-order valence-electron chi connectivity index (χ4n) is 3.49. The van der Waals surface area contributed by atoms with E-state index in [1.807, 2.05) is 30.3 Å². The molecule has 4 rings (SSSR count). The minimum absolute atomic E-state index is 0.00411. The molecule has 0 aliphatic carbocycles. The molecule has 10 heteroatoms. The average molecular weight is 477 g/mol. The maximum absolute atomic E-state index is 15.1. The van der Waals surface area contributed by atoms with Gasteiger partial charge in [0, 0.05) is 18.6 Å². The number of halogens is 1. The Bertz CT molecular complexity index is 1410. The van der Waals surface area contributed by atoms with Gasteiger partial charge >= 0.3 is 0 Å². The van der Waals surface area contributed by atoms with Crippen LogP contribution in [-0.2, 0) is 17.8 Å². The third kappa shape index (κ3) is 5.16. The van der Waals surface area contributed by atoms with Crippen molar-refractivity contribution in [3.05, 3.63) is 88.0 Å². The van der Waals surface area contributed by atoms with Crippen molar-refractivity contribution < 1.29 is 28.3 Å². The number of ketones is 1. The highest BCUT2D eigenvalue weighted by atomic mass is 19.1. The van der Waals surface area contributed by atoms with Gasteiger partial charge in [-0.1, -0.05) is 30.3 Å². The van der Waals surface area contributed by atoms with Crippen LogP contribution in [0.4, 0.5) is 10.1 Å². The summed E-state index contributed by atoms with van der Waals surface area (Å²) in [4.78, 5) is 30.4. The molecule has 0 atom stereocenters. The number of aromatic nitrogens is 2. The zero-order valence-electron chi connectivity index (χ0n) is 18.9. The topological polar surface area (TPSA) is 114 Å². The van der Waals surface area contributed by atoms with Crippen molar-refractivity contribution in [3.8, 4) is 23.1 Å². The molecule has 9 nitrogen and oxygen atoms in total. The van der Waals surface area contributed by atoms with E-state index in [2.05, 4.69) is 9.97 Å². The van der Waals surface area contributed by atoms with Crippen molar-refractivity contribution in [1.82, 2.24) is 9.97 Å². The molecular weight excluding hydrogens is 457 g/mol. The summed E-state index contributed by atoms with van der Waals surface area (Å²) in [6, 6.07) is 15.1. The Morgan fingerprint density at radius 2 is 1.83 bits per heavy atom. The first kappa shape index (κ1) is 23.6. The lowest BCUT2D eigenvalue weighted by atomic mass is 10.1. The molecule has 0 bridgehead atoms. The van der Waals surface area contributed by atoms with Crippen LogP contribution in [0, 0.1) is 15.9 Å². The average Bonchev–Trinajstić information content (AvgIpc) is 2.85.